The van der Waals surface area contributed by atoms with E-state index in [2.05, 4.69) is 5.32 Å². The van der Waals surface area contributed by atoms with Gasteiger partial charge in [-0.15, -0.1) is 0 Å². The van der Waals surface area contributed by atoms with Crippen LogP contribution in [0.3, 0.4) is 0 Å². The average Bonchev–Trinajstić information content (AvgIpc) is 3.06. The Morgan fingerprint density at radius 1 is 1.00 bits per heavy atom. The van der Waals surface area contributed by atoms with E-state index in [1.54, 1.807) is 24.3 Å². The Bertz CT molecular complexity index is 901. The van der Waals surface area contributed by atoms with Gasteiger partial charge in [0.05, 0.1) is 5.56 Å². The zero-order valence-electron chi connectivity index (χ0n) is 12.6. The van der Waals surface area contributed by atoms with Crippen molar-refractivity contribution in [1.82, 2.24) is 0 Å². The lowest BCUT2D eigenvalue weighted by atomic mass is 10.1. The fourth-order valence-corrected chi connectivity index (χ4v) is 2.32. The van der Waals surface area contributed by atoms with E-state index in [1.807, 2.05) is 0 Å². The van der Waals surface area contributed by atoms with Crippen LogP contribution in [0, 0.1) is 0 Å². The zero-order valence-corrected chi connectivity index (χ0v) is 13.4. The summed E-state index contributed by atoms with van der Waals surface area (Å²) in [6.45, 7) is 0. The predicted octanol–water partition coefficient (Wildman–Crippen LogP) is 5.87. The minimum absolute atomic E-state index is 0.0117. The number of anilines is 1. The van der Waals surface area contributed by atoms with Crippen LogP contribution in [0.4, 0.5) is 18.9 Å². The molecule has 1 amide bonds. The maximum atomic E-state index is 12.8. The average molecular weight is 366 g/mol. The second kappa shape index (κ2) is 6.64. The molecule has 25 heavy (non-hydrogen) atoms. The van der Waals surface area contributed by atoms with Crippen LogP contribution in [0.25, 0.3) is 11.3 Å². The third kappa shape index (κ3) is 4.03. The highest BCUT2D eigenvalue weighted by atomic mass is 35.5. The Kier molecular flexibility index (Phi) is 4.55. The molecule has 1 N–H and O–H groups in total. The highest BCUT2D eigenvalue weighted by Gasteiger charge is 2.30. The second-order valence-electron chi connectivity index (χ2n) is 5.20. The molecule has 0 saturated carbocycles. The van der Waals surface area contributed by atoms with Crippen molar-refractivity contribution in [2.24, 2.45) is 0 Å². The number of nitrogens with one attached hydrogen (secondary N) is 1. The van der Waals surface area contributed by atoms with Gasteiger partial charge >= 0.3 is 6.18 Å². The Morgan fingerprint density at radius 2 is 1.72 bits per heavy atom. The molecule has 0 saturated heterocycles. The van der Waals surface area contributed by atoms with Gasteiger partial charge in [-0.25, -0.2) is 0 Å². The van der Waals surface area contributed by atoms with Gasteiger partial charge in [-0.3, -0.25) is 4.79 Å². The molecule has 0 bridgehead atoms. The maximum absolute atomic E-state index is 12.8. The topological polar surface area (TPSA) is 42.2 Å². The third-order valence-electron chi connectivity index (χ3n) is 3.41. The zero-order chi connectivity index (χ0) is 18.0. The lowest BCUT2D eigenvalue weighted by Gasteiger charge is -2.07. The first kappa shape index (κ1) is 17.1. The van der Waals surface area contributed by atoms with Crippen molar-refractivity contribution in [3.8, 4) is 11.3 Å². The van der Waals surface area contributed by atoms with Crippen molar-refractivity contribution in [2.45, 2.75) is 6.18 Å². The summed E-state index contributed by atoms with van der Waals surface area (Å²) in [5, 5.41) is 3.14. The molecule has 0 unspecified atom stereocenters. The van der Waals surface area contributed by atoms with Gasteiger partial charge in [0.15, 0.2) is 5.76 Å². The number of carbonyl (C=O) groups is 1. The van der Waals surface area contributed by atoms with Crippen molar-refractivity contribution >= 4 is 23.2 Å². The molecule has 3 aromatic rings. The SMILES string of the molecule is O=C(Nc1ccc(Cl)cc1)c1ccc(-c2cccc(C(F)(F)F)c2)o1. The number of amides is 1. The molecule has 3 nitrogen and oxygen atoms in total. The van der Waals surface area contributed by atoms with E-state index in [0.717, 1.165) is 12.1 Å². The fourth-order valence-electron chi connectivity index (χ4n) is 2.19. The molecular formula is C18H11ClF3NO2. The minimum atomic E-state index is -4.45. The molecule has 0 fully saturated rings. The van der Waals surface area contributed by atoms with Gasteiger partial charge in [0, 0.05) is 16.3 Å². The van der Waals surface area contributed by atoms with Crippen LogP contribution in [-0.2, 0) is 6.18 Å². The smallest absolute Gasteiger partial charge is 0.416 e. The second-order valence-corrected chi connectivity index (χ2v) is 5.64. The summed E-state index contributed by atoms with van der Waals surface area (Å²) in [7, 11) is 0. The molecule has 0 aliphatic rings. The van der Waals surface area contributed by atoms with E-state index < -0.39 is 17.6 Å². The normalized spacial score (nSPS) is 11.4. The molecule has 128 valence electrons. The van der Waals surface area contributed by atoms with Crippen LogP contribution in [-0.4, -0.2) is 5.91 Å². The molecule has 1 heterocycles. The summed E-state index contributed by atoms with van der Waals surface area (Å²) >= 11 is 5.77. The van der Waals surface area contributed by atoms with E-state index in [1.165, 1.54) is 24.3 Å². The minimum Gasteiger partial charge on any atom is -0.451 e. The largest absolute Gasteiger partial charge is 0.451 e. The number of furan rings is 1. The predicted molar refractivity (Wildman–Crippen MR) is 88.6 cm³/mol. The molecular weight excluding hydrogens is 355 g/mol. The fraction of sp³-hybridized carbons (Fsp3) is 0.0556. The first-order valence-electron chi connectivity index (χ1n) is 7.17. The molecule has 0 aliphatic carbocycles. The summed E-state index contributed by atoms with van der Waals surface area (Å²) in [6.07, 6.45) is -4.45. The van der Waals surface area contributed by atoms with Crippen LogP contribution < -0.4 is 5.32 Å². The number of alkyl halides is 3. The van der Waals surface area contributed by atoms with E-state index in [0.29, 0.717) is 10.7 Å². The van der Waals surface area contributed by atoms with Gasteiger partial charge in [0.1, 0.15) is 5.76 Å². The number of halogens is 4. The Morgan fingerprint density at radius 3 is 2.40 bits per heavy atom. The first-order valence-corrected chi connectivity index (χ1v) is 7.55. The third-order valence-corrected chi connectivity index (χ3v) is 3.66. The number of hydrogen-bond acceptors (Lipinski definition) is 2. The summed E-state index contributed by atoms with van der Waals surface area (Å²) in [6, 6.07) is 14.0. The molecule has 0 spiro atoms. The van der Waals surface area contributed by atoms with Crippen molar-refractivity contribution < 1.29 is 22.4 Å². The Hall–Kier alpha value is -2.73. The van der Waals surface area contributed by atoms with E-state index in [-0.39, 0.29) is 17.1 Å². The Balaban J connectivity index is 1.80. The molecule has 7 heteroatoms. The van der Waals surface area contributed by atoms with Crippen LogP contribution in [0.15, 0.2) is 65.1 Å². The molecule has 1 aromatic heterocycles. The number of hydrogen-bond donors (Lipinski definition) is 1. The highest BCUT2D eigenvalue weighted by molar-refractivity contribution is 6.30. The Labute approximate surface area is 146 Å². The number of benzene rings is 2. The molecule has 0 atom stereocenters. The van der Waals surface area contributed by atoms with Crippen molar-refractivity contribution in [1.29, 1.82) is 0 Å². The van der Waals surface area contributed by atoms with Gasteiger partial charge in [0.2, 0.25) is 0 Å². The van der Waals surface area contributed by atoms with Gasteiger partial charge in [0.25, 0.3) is 5.91 Å². The van der Waals surface area contributed by atoms with Crippen LogP contribution >= 0.6 is 11.6 Å². The lowest BCUT2D eigenvalue weighted by Crippen LogP contribution is -2.10. The van der Waals surface area contributed by atoms with Crippen molar-refractivity contribution in [3.05, 3.63) is 77.0 Å². The summed E-state index contributed by atoms with van der Waals surface area (Å²) in [5.74, 6) is -0.352. The van der Waals surface area contributed by atoms with Crippen LogP contribution in [0.2, 0.25) is 5.02 Å². The standard InChI is InChI=1S/C18H11ClF3NO2/c19-13-4-6-14(7-5-13)23-17(24)16-9-8-15(25-16)11-2-1-3-12(10-11)18(20,21)22/h1-10H,(H,23,24). The van der Waals surface area contributed by atoms with E-state index >= 15 is 0 Å². The van der Waals surface area contributed by atoms with Crippen LogP contribution in [0.1, 0.15) is 16.1 Å². The van der Waals surface area contributed by atoms with Gasteiger partial charge in [-0.1, -0.05) is 23.7 Å². The molecule has 0 aliphatic heterocycles. The van der Waals surface area contributed by atoms with E-state index in [9.17, 15) is 18.0 Å². The number of rotatable bonds is 3. The van der Waals surface area contributed by atoms with E-state index in [4.69, 9.17) is 16.0 Å². The molecule has 2 aromatic carbocycles. The van der Waals surface area contributed by atoms with Gasteiger partial charge < -0.3 is 9.73 Å². The van der Waals surface area contributed by atoms with Crippen LogP contribution in [0.5, 0.6) is 0 Å². The lowest BCUT2D eigenvalue weighted by molar-refractivity contribution is -0.137. The number of carbonyl (C=O) groups excluding carboxylic acids is 1. The van der Waals surface area contributed by atoms with Gasteiger partial charge in [-0.05, 0) is 48.5 Å². The maximum Gasteiger partial charge on any atom is 0.416 e. The monoisotopic (exact) mass is 365 g/mol. The van der Waals surface area contributed by atoms with Crippen molar-refractivity contribution in [2.75, 3.05) is 5.32 Å². The molecule has 0 radical (unpaired) electrons. The summed E-state index contributed by atoms with van der Waals surface area (Å²) in [5.41, 5.74) is -0.0275. The summed E-state index contributed by atoms with van der Waals surface area (Å²) < 4.78 is 43.7. The molecule has 3 rings (SSSR count). The highest BCUT2D eigenvalue weighted by Crippen LogP contribution is 2.32. The van der Waals surface area contributed by atoms with Gasteiger partial charge in [-0.2, -0.15) is 13.2 Å². The quantitative estimate of drug-likeness (QED) is 0.630. The first-order chi connectivity index (χ1) is 11.8. The summed E-state index contributed by atoms with van der Waals surface area (Å²) in [4.78, 5) is 12.2. The van der Waals surface area contributed by atoms with Crippen molar-refractivity contribution in [3.63, 3.8) is 0 Å².